The van der Waals surface area contributed by atoms with Crippen molar-refractivity contribution in [2.24, 2.45) is 0 Å². The zero-order valence-corrected chi connectivity index (χ0v) is 70.2. The SMILES string of the molecule is Brc1ccccc1.Clc1ccc(Cc2c[nH]c3ncc(Oc4ccccc4)cc23)c(Cl)c1.O=C(c1ccc(Cl)cc1Cl)c1c[nH]c2ncc(Oc3ccccc3)cc12.O=Cc1ccc(Cl)cc1Cl.OC(c1ccc(Cl)cc1Cl)c1c[nH]c2ncc(Oc3ccccc3)cc12.Oc1cnc2[nH]ccc2c1.c1ccc(Oc2cnc3[nH]ccc3c2)cc1. The van der Waals surface area contributed by atoms with Crippen LogP contribution in [0.2, 0.25) is 40.2 Å². The molecule has 1 atom stereocenters. The second-order valence-electron chi connectivity index (χ2n) is 25.8. The Morgan fingerprint density at radius 2 is 0.783 bits per heavy atom. The number of carbonyl (C=O) groups excluding carboxylic acids is 2. The van der Waals surface area contributed by atoms with Gasteiger partial charge in [0.1, 0.15) is 86.1 Å². The number of nitrogens with zero attached hydrogens (tertiary/aromatic N) is 5. The van der Waals surface area contributed by atoms with E-state index in [9.17, 15) is 14.7 Å². The largest absolute Gasteiger partial charge is 0.506 e. The molecule has 19 aromatic rings. The van der Waals surface area contributed by atoms with E-state index in [1.54, 1.807) is 110 Å². The van der Waals surface area contributed by atoms with Crippen LogP contribution >= 0.6 is 109 Å². The number of nitrogens with one attached hydrogen (secondary N) is 5. The summed E-state index contributed by atoms with van der Waals surface area (Å²) in [7, 11) is 0. The van der Waals surface area contributed by atoms with Crippen molar-refractivity contribution in [2.75, 3.05) is 0 Å². The summed E-state index contributed by atoms with van der Waals surface area (Å²) in [4.78, 5) is 59.7. The highest BCUT2D eigenvalue weighted by atomic mass is 79.9. The van der Waals surface area contributed by atoms with Crippen molar-refractivity contribution in [3.63, 3.8) is 0 Å². The first-order chi connectivity index (χ1) is 58.3. The number of aromatic hydroxyl groups is 1. The van der Waals surface area contributed by atoms with Gasteiger partial charge in [-0.15, -0.1) is 0 Å². The minimum atomic E-state index is -0.915. The lowest BCUT2D eigenvalue weighted by molar-refractivity contribution is 0.103. The summed E-state index contributed by atoms with van der Waals surface area (Å²) in [6, 6.07) is 81.3. The van der Waals surface area contributed by atoms with Crippen molar-refractivity contribution >= 4 is 176 Å². The molecule has 0 radical (unpaired) electrons. The molecular formula is C93H65BrCl8N10O8. The smallest absolute Gasteiger partial charge is 0.196 e. The molecule has 0 saturated carbocycles. The lowest BCUT2D eigenvalue weighted by Gasteiger charge is -2.13. The number of ketones is 1. The number of aliphatic hydroxyl groups excluding tert-OH is 1. The molecule has 0 bridgehead atoms. The zero-order valence-electron chi connectivity index (χ0n) is 62.5. The molecule has 598 valence electrons. The van der Waals surface area contributed by atoms with Crippen molar-refractivity contribution in [3.8, 4) is 51.7 Å². The summed E-state index contributed by atoms with van der Waals surface area (Å²) in [5.41, 5.74) is 8.42. The maximum Gasteiger partial charge on any atom is 0.196 e. The van der Waals surface area contributed by atoms with E-state index in [4.69, 9.17) is 117 Å². The average Bonchev–Trinajstić information content (AvgIpc) is 1.64. The number of benzene rings is 9. The molecule has 1 unspecified atom stereocenters. The molecule has 0 aliphatic rings. The first-order valence-electron chi connectivity index (χ1n) is 36.4. The predicted molar refractivity (Wildman–Crippen MR) is 484 cm³/mol. The number of hydrogen-bond acceptors (Lipinski definition) is 13. The van der Waals surface area contributed by atoms with Crippen molar-refractivity contribution < 1.29 is 38.7 Å². The van der Waals surface area contributed by atoms with E-state index in [1.807, 2.05) is 207 Å². The van der Waals surface area contributed by atoms with E-state index in [2.05, 4.69) is 65.8 Å². The third-order valence-electron chi connectivity index (χ3n) is 17.5. The lowest BCUT2D eigenvalue weighted by atomic mass is 10.0. The molecule has 27 heteroatoms. The fourth-order valence-electron chi connectivity index (χ4n) is 11.7. The van der Waals surface area contributed by atoms with Gasteiger partial charge in [-0.25, -0.2) is 24.9 Å². The van der Waals surface area contributed by atoms with E-state index >= 15 is 0 Å². The number of hydrogen-bond donors (Lipinski definition) is 7. The summed E-state index contributed by atoms with van der Waals surface area (Å²) < 4.78 is 24.3. The van der Waals surface area contributed by atoms with Crippen molar-refractivity contribution in [2.45, 2.75) is 12.5 Å². The molecule has 0 saturated heterocycles. The van der Waals surface area contributed by atoms with Gasteiger partial charge in [0.2, 0.25) is 0 Å². The third-order valence-corrected chi connectivity index (χ3v) is 20.3. The van der Waals surface area contributed by atoms with Crippen molar-refractivity contribution in [1.82, 2.24) is 49.8 Å². The highest BCUT2D eigenvalue weighted by Gasteiger charge is 2.22. The molecule has 0 spiro atoms. The van der Waals surface area contributed by atoms with Gasteiger partial charge >= 0.3 is 0 Å². The van der Waals surface area contributed by atoms with Crippen LogP contribution in [-0.4, -0.2) is 72.1 Å². The van der Waals surface area contributed by atoms with Gasteiger partial charge < -0.3 is 54.1 Å². The van der Waals surface area contributed by atoms with Gasteiger partial charge in [0.15, 0.2) is 12.1 Å². The Kier molecular flexibility index (Phi) is 29.7. The highest BCUT2D eigenvalue weighted by molar-refractivity contribution is 9.10. The molecule has 0 aliphatic heterocycles. The number of fused-ring (bicyclic) bond motifs is 5. The van der Waals surface area contributed by atoms with Gasteiger partial charge in [-0.3, -0.25) is 9.59 Å². The number of aromatic amines is 5. The Hall–Kier alpha value is -12.5. The normalized spacial score (nSPS) is 10.8. The second-order valence-corrected chi connectivity index (χ2v) is 30.1. The van der Waals surface area contributed by atoms with Crippen LogP contribution in [0.1, 0.15) is 54.6 Å². The van der Waals surface area contributed by atoms with E-state index < -0.39 is 6.10 Å². The lowest BCUT2D eigenvalue weighted by Crippen LogP contribution is -2.01. The third kappa shape index (κ3) is 23.5. The molecule has 0 fully saturated rings. The van der Waals surface area contributed by atoms with Crippen LogP contribution in [0.15, 0.2) is 333 Å². The van der Waals surface area contributed by atoms with Crippen LogP contribution in [0, 0.1) is 0 Å². The summed E-state index contributed by atoms with van der Waals surface area (Å²) in [6.07, 6.45) is 17.5. The molecule has 10 aromatic heterocycles. The molecule has 19 rings (SSSR count). The van der Waals surface area contributed by atoms with Crippen LogP contribution < -0.4 is 18.9 Å². The minimum Gasteiger partial charge on any atom is -0.506 e. The fraction of sp³-hybridized carbons (Fsp3) is 0.0215. The number of rotatable bonds is 15. The van der Waals surface area contributed by atoms with E-state index in [0.717, 1.165) is 71.3 Å². The Morgan fingerprint density at radius 1 is 0.367 bits per heavy atom. The highest BCUT2D eigenvalue weighted by Crippen LogP contribution is 2.37. The predicted octanol–water partition coefficient (Wildman–Crippen LogP) is 27.8. The van der Waals surface area contributed by atoms with E-state index in [0.29, 0.717) is 126 Å². The van der Waals surface area contributed by atoms with Crippen LogP contribution in [-0.2, 0) is 6.42 Å². The first-order valence-corrected chi connectivity index (χ1v) is 40.2. The number of aldehydes is 1. The van der Waals surface area contributed by atoms with Gasteiger partial charge in [0, 0.05) is 127 Å². The van der Waals surface area contributed by atoms with Crippen LogP contribution in [0.4, 0.5) is 0 Å². The van der Waals surface area contributed by atoms with Gasteiger partial charge in [0.25, 0.3) is 0 Å². The Bertz CT molecular complexity index is 6650. The number of H-pyrrole nitrogens is 5. The molecular weight excluding hydrogens is 1750 g/mol. The molecule has 10 heterocycles. The molecule has 9 aromatic carbocycles. The summed E-state index contributed by atoms with van der Waals surface area (Å²) in [6.45, 7) is 0. The molecule has 120 heavy (non-hydrogen) atoms. The standard InChI is InChI=1S/C20H14Cl2N2O2.C20H12Cl2N2O2.C20H14Cl2N2O.C13H10N2O.C7H4Cl2O.C7H6N2O.C6H5Br/c2*21-12-6-7-15(18(22)8-12)19(25)17-11-24-20-16(17)9-14(10-23-20)26-13-4-2-1-3-5-13;21-15-7-6-13(19(22)9-15)8-14-11-23-20-18(14)10-17(12-24-20)25-16-4-2-1-3-5-16;1-2-4-11(5-3-1)16-12-8-10-6-7-14-13(10)15-9-12;8-6-2-1-5(4-10)7(9)3-6;10-6-3-5-1-2-8-7(5)9-4-6;7-6-4-2-1-3-5-6/h1-11,19,25H,(H,23,24);1-11H,(H,23,24);1-7,9-12H,8H2,(H,23,24);1-9H,(H,14,15);1-4H;1-4,10H,(H,8,9);1-5H. The summed E-state index contributed by atoms with van der Waals surface area (Å²) in [5, 5.41) is 28.1. The number of pyridine rings is 5. The zero-order chi connectivity index (χ0) is 83.9. The fourth-order valence-corrected chi connectivity index (χ4v) is 14.0. The van der Waals surface area contributed by atoms with Crippen LogP contribution in [0.5, 0.6) is 51.7 Å². The first kappa shape index (κ1) is 85.4. The number of aliphatic hydroxyl groups is 1. The van der Waals surface area contributed by atoms with Crippen LogP contribution in [0.25, 0.3) is 55.2 Å². The Morgan fingerprint density at radius 3 is 1.28 bits per heavy atom. The number of aromatic nitrogens is 10. The summed E-state index contributed by atoms with van der Waals surface area (Å²) >= 11 is 51.0. The van der Waals surface area contributed by atoms with Crippen LogP contribution in [0.3, 0.4) is 0 Å². The topological polar surface area (TPSA) is 255 Å². The van der Waals surface area contributed by atoms with Gasteiger partial charge in [-0.2, -0.15) is 0 Å². The Labute approximate surface area is 735 Å². The van der Waals surface area contributed by atoms with E-state index in [-0.39, 0.29) is 11.5 Å². The molecule has 0 aliphatic carbocycles. The number of para-hydroxylation sites is 4. The number of carbonyl (C=O) groups is 2. The maximum absolute atomic E-state index is 12.9. The average molecular weight is 1810 g/mol. The number of ether oxygens (including phenoxy) is 4. The van der Waals surface area contributed by atoms with Gasteiger partial charge in [-0.1, -0.05) is 212 Å². The molecule has 7 N–H and O–H groups in total. The molecule has 0 amide bonds. The minimum absolute atomic E-state index is 0.201. The van der Waals surface area contributed by atoms with E-state index in [1.165, 1.54) is 12.3 Å². The van der Waals surface area contributed by atoms with Crippen molar-refractivity contribution in [3.05, 3.63) is 412 Å². The monoisotopic (exact) mass is 1810 g/mol. The maximum atomic E-state index is 12.9. The number of halogens is 9. The quantitative estimate of drug-likeness (QED) is 0.0373. The Balaban J connectivity index is 0.000000126. The van der Waals surface area contributed by atoms with Gasteiger partial charge in [-0.05, 0) is 175 Å². The molecule has 18 nitrogen and oxygen atoms in total. The summed E-state index contributed by atoms with van der Waals surface area (Å²) in [5.74, 6) is 5.56. The second kappa shape index (κ2) is 41.8. The van der Waals surface area contributed by atoms with Gasteiger partial charge in [0.05, 0.1) is 41.0 Å². The van der Waals surface area contributed by atoms with Crippen molar-refractivity contribution in [1.29, 1.82) is 0 Å².